The number of aryl methyl sites for hydroxylation is 1. The van der Waals surface area contributed by atoms with E-state index in [9.17, 15) is 15.0 Å². The van der Waals surface area contributed by atoms with E-state index < -0.39 is 6.10 Å². The van der Waals surface area contributed by atoms with Crippen molar-refractivity contribution >= 4 is 17.5 Å². The number of nitrogens with zero attached hydrogens (tertiary/aromatic N) is 2. The number of rotatable bonds is 4. The SMILES string of the molecule is Cc1cc(C[C@@H]2CN(C(=O)Cc3ccc(O)c(Cl)c3)C[C@H]2O)n[nH]1. The van der Waals surface area contributed by atoms with Crippen LogP contribution in [0.2, 0.25) is 5.02 Å². The third-order valence-corrected chi connectivity index (χ3v) is 4.66. The van der Waals surface area contributed by atoms with Gasteiger partial charge in [0.1, 0.15) is 5.75 Å². The van der Waals surface area contributed by atoms with Crippen LogP contribution >= 0.6 is 11.6 Å². The van der Waals surface area contributed by atoms with Gasteiger partial charge in [-0.15, -0.1) is 0 Å². The lowest BCUT2D eigenvalue weighted by Gasteiger charge is -2.16. The number of benzene rings is 1. The van der Waals surface area contributed by atoms with Crippen molar-refractivity contribution in [2.45, 2.75) is 25.9 Å². The second kappa shape index (κ2) is 6.83. The van der Waals surface area contributed by atoms with E-state index in [2.05, 4.69) is 10.2 Å². The molecule has 1 aliphatic rings. The standard InChI is InChI=1S/C17H20ClN3O3/c1-10-4-13(20-19-10)7-12-8-21(9-16(12)23)17(24)6-11-2-3-15(22)14(18)5-11/h2-5,12,16,22-23H,6-9H2,1H3,(H,19,20)/t12-,16-/m1/s1. The highest BCUT2D eigenvalue weighted by atomic mass is 35.5. The van der Waals surface area contributed by atoms with Crippen molar-refractivity contribution in [2.75, 3.05) is 13.1 Å². The average Bonchev–Trinajstić information content (AvgIpc) is 3.10. The summed E-state index contributed by atoms with van der Waals surface area (Å²) >= 11 is 5.87. The zero-order valence-corrected chi connectivity index (χ0v) is 14.1. The molecule has 2 atom stereocenters. The molecule has 0 saturated carbocycles. The number of likely N-dealkylation sites (tertiary alicyclic amines) is 1. The molecule has 1 amide bonds. The van der Waals surface area contributed by atoms with Crippen molar-refractivity contribution in [1.82, 2.24) is 15.1 Å². The highest BCUT2D eigenvalue weighted by Crippen LogP contribution is 2.25. The number of carbonyl (C=O) groups is 1. The van der Waals surface area contributed by atoms with E-state index >= 15 is 0 Å². The van der Waals surface area contributed by atoms with Crippen LogP contribution in [0.15, 0.2) is 24.3 Å². The molecule has 1 aromatic heterocycles. The number of amides is 1. The molecule has 3 rings (SSSR count). The van der Waals surface area contributed by atoms with Gasteiger partial charge in [0.25, 0.3) is 0 Å². The molecule has 0 bridgehead atoms. The zero-order valence-electron chi connectivity index (χ0n) is 13.4. The monoisotopic (exact) mass is 349 g/mol. The molecule has 3 N–H and O–H groups in total. The highest BCUT2D eigenvalue weighted by Gasteiger charge is 2.34. The maximum atomic E-state index is 12.4. The van der Waals surface area contributed by atoms with Gasteiger partial charge in [-0.1, -0.05) is 17.7 Å². The van der Waals surface area contributed by atoms with Crippen LogP contribution in [-0.2, 0) is 17.6 Å². The Kier molecular flexibility index (Phi) is 4.78. The van der Waals surface area contributed by atoms with E-state index in [1.54, 1.807) is 17.0 Å². The number of carbonyl (C=O) groups excluding carboxylic acids is 1. The lowest BCUT2D eigenvalue weighted by molar-refractivity contribution is -0.129. The average molecular weight is 350 g/mol. The van der Waals surface area contributed by atoms with Gasteiger partial charge < -0.3 is 15.1 Å². The predicted octanol–water partition coefficient (Wildman–Crippen LogP) is 1.68. The molecule has 7 heteroatoms. The van der Waals surface area contributed by atoms with Gasteiger partial charge in [0.15, 0.2) is 0 Å². The molecule has 2 aromatic rings. The smallest absolute Gasteiger partial charge is 0.227 e. The van der Waals surface area contributed by atoms with Gasteiger partial charge in [0.2, 0.25) is 5.91 Å². The number of aliphatic hydroxyl groups is 1. The summed E-state index contributed by atoms with van der Waals surface area (Å²) in [6.07, 6.45) is 0.288. The Hall–Kier alpha value is -2.05. The number of aliphatic hydroxyl groups excluding tert-OH is 1. The minimum atomic E-state index is -0.547. The molecule has 1 aromatic carbocycles. The summed E-state index contributed by atoms with van der Waals surface area (Å²) in [5.41, 5.74) is 2.62. The molecule has 128 valence electrons. The Morgan fingerprint density at radius 1 is 1.42 bits per heavy atom. The quantitative estimate of drug-likeness (QED) is 0.783. The molecular weight excluding hydrogens is 330 g/mol. The van der Waals surface area contributed by atoms with E-state index in [0.717, 1.165) is 17.0 Å². The summed E-state index contributed by atoms with van der Waals surface area (Å²) in [5, 5.41) is 27.0. The minimum Gasteiger partial charge on any atom is -0.506 e. The van der Waals surface area contributed by atoms with Crippen LogP contribution in [-0.4, -0.2) is 50.4 Å². The first-order chi connectivity index (χ1) is 11.4. The van der Waals surface area contributed by atoms with E-state index in [1.165, 1.54) is 6.07 Å². The van der Waals surface area contributed by atoms with E-state index in [1.807, 2.05) is 13.0 Å². The Labute approximate surface area is 145 Å². The normalized spacial score (nSPS) is 20.5. The second-order valence-electron chi connectivity index (χ2n) is 6.34. The van der Waals surface area contributed by atoms with Crippen LogP contribution in [0, 0.1) is 12.8 Å². The fourth-order valence-corrected chi connectivity index (χ4v) is 3.26. The molecular formula is C17H20ClN3O3. The topological polar surface area (TPSA) is 89.5 Å². The summed E-state index contributed by atoms with van der Waals surface area (Å²) in [6, 6.07) is 6.70. The van der Waals surface area contributed by atoms with Gasteiger partial charge >= 0.3 is 0 Å². The summed E-state index contributed by atoms with van der Waals surface area (Å²) in [5.74, 6) is -0.0737. The van der Waals surface area contributed by atoms with Crippen LogP contribution in [0.25, 0.3) is 0 Å². The largest absolute Gasteiger partial charge is 0.506 e. The summed E-state index contributed by atoms with van der Waals surface area (Å²) in [6.45, 7) is 2.77. The molecule has 0 spiro atoms. The van der Waals surface area contributed by atoms with E-state index in [0.29, 0.717) is 19.5 Å². The third-order valence-electron chi connectivity index (χ3n) is 4.36. The Morgan fingerprint density at radius 3 is 2.88 bits per heavy atom. The maximum absolute atomic E-state index is 12.4. The minimum absolute atomic E-state index is 0.00109. The summed E-state index contributed by atoms with van der Waals surface area (Å²) in [7, 11) is 0. The molecule has 2 heterocycles. The molecule has 0 unspecified atom stereocenters. The van der Waals surface area contributed by atoms with Crippen LogP contribution in [0.1, 0.15) is 17.0 Å². The first-order valence-electron chi connectivity index (χ1n) is 7.86. The maximum Gasteiger partial charge on any atom is 0.227 e. The fourth-order valence-electron chi connectivity index (χ4n) is 3.05. The van der Waals surface area contributed by atoms with Crippen molar-refractivity contribution in [3.63, 3.8) is 0 Å². The number of nitrogens with one attached hydrogen (secondary N) is 1. The molecule has 1 fully saturated rings. The van der Waals surface area contributed by atoms with E-state index in [4.69, 9.17) is 11.6 Å². The molecule has 1 aliphatic heterocycles. The number of halogens is 1. The van der Waals surface area contributed by atoms with Crippen LogP contribution in [0.4, 0.5) is 0 Å². The van der Waals surface area contributed by atoms with Gasteiger partial charge in [-0.2, -0.15) is 5.10 Å². The number of phenols is 1. The van der Waals surface area contributed by atoms with Gasteiger partial charge in [-0.3, -0.25) is 9.89 Å². The number of phenolic OH excluding ortho intramolecular Hbond substituents is 1. The summed E-state index contributed by atoms with van der Waals surface area (Å²) < 4.78 is 0. The van der Waals surface area contributed by atoms with Gasteiger partial charge in [0.05, 0.1) is 23.2 Å². The number of aromatic hydroxyl groups is 1. The van der Waals surface area contributed by atoms with Crippen LogP contribution in [0.5, 0.6) is 5.75 Å². The Balaban J connectivity index is 1.60. The Bertz CT molecular complexity index is 746. The number of aromatic nitrogens is 2. The van der Waals surface area contributed by atoms with Crippen molar-refractivity contribution in [3.05, 3.63) is 46.2 Å². The van der Waals surface area contributed by atoms with Crippen molar-refractivity contribution in [2.24, 2.45) is 5.92 Å². The third kappa shape index (κ3) is 3.71. The fraction of sp³-hybridized carbons (Fsp3) is 0.412. The predicted molar refractivity (Wildman–Crippen MR) is 89.9 cm³/mol. The van der Waals surface area contributed by atoms with Gasteiger partial charge in [-0.25, -0.2) is 0 Å². The lowest BCUT2D eigenvalue weighted by Crippen LogP contribution is -2.31. The number of aromatic amines is 1. The summed E-state index contributed by atoms with van der Waals surface area (Å²) in [4.78, 5) is 14.1. The molecule has 1 saturated heterocycles. The first-order valence-corrected chi connectivity index (χ1v) is 8.24. The number of H-pyrrole nitrogens is 1. The molecule has 24 heavy (non-hydrogen) atoms. The van der Waals surface area contributed by atoms with Crippen molar-refractivity contribution in [1.29, 1.82) is 0 Å². The first kappa shape index (κ1) is 16.8. The van der Waals surface area contributed by atoms with Crippen molar-refractivity contribution in [3.8, 4) is 5.75 Å². The zero-order chi connectivity index (χ0) is 17.3. The van der Waals surface area contributed by atoms with Gasteiger partial charge in [-0.05, 0) is 37.1 Å². The van der Waals surface area contributed by atoms with Gasteiger partial charge in [0, 0.05) is 24.7 Å². The molecule has 0 radical (unpaired) electrons. The molecule has 0 aliphatic carbocycles. The Morgan fingerprint density at radius 2 is 2.21 bits per heavy atom. The number of β-amino-alcohol motifs (C(OH)–C–C–N with tert-alkyl or cyclic N) is 1. The molecule has 6 nitrogen and oxygen atoms in total. The van der Waals surface area contributed by atoms with Crippen LogP contribution in [0.3, 0.4) is 0 Å². The van der Waals surface area contributed by atoms with Crippen molar-refractivity contribution < 1.29 is 15.0 Å². The van der Waals surface area contributed by atoms with E-state index in [-0.39, 0.29) is 29.0 Å². The number of hydrogen-bond acceptors (Lipinski definition) is 4. The number of hydrogen-bond donors (Lipinski definition) is 3. The lowest BCUT2D eigenvalue weighted by atomic mass is 10.0. The highest BCUT2D eigenvalue weighted by molar-refractivity contribution is 6.32. The van der Waals surface area contributed by atoms with Crippen LogP contribution < -0.4 is 0 Å². The second-order valence-corrected chi connectivity index (χ2v) is 6.74.